The standard InChI is InChI=1S/C23H29NO6/c1-6-16(17-10-8-7-9-11-17)14-24-22(25)15(2)30-23(26)18-12-13-19(27-3)21(29-5)20(18)28-4/h7-13,15-16H,6,14H2,1-5H3,(H,24,25)/t15-,16+/m0/s1. The molecular weight excluding hydrogens is 386 g/mol. The van der Waals surface area contributed by atoms with Gasteiger partial charge in [-0.25, -0.2) is 4.79 Å². The van der Waals surface area contributed by atoms with Crippen LogP contribution in [0.25, 0.3) is 0 Å². The van der Waals surface area contributed by atoms with Crippen molar-refractivity contribution in [2.75, 3.05) is 27.9 Å². The second-order valence-corrected chi connectivity index (χ2v) is 6.69. The molecule has 0 heterocycles. The van der Waals surface area contributed by atoms with Gasteiger partial charge >= 0.3 is 5.97 Å². The number of esters is 1. The molecule has 0 aromatic heterocycles. The summed E-state index contributed by atoms with van der Waals surface area (Å²) in [5.74, 6) is 0.0136. The number of hydrogen-bond donors (Lipinski definition) is 1. The molecule has 0 aliphatic rings. The van der Waals surface area contributed by atoms with Gasteiger partial charge in [0.1, 0.15) is 5.56 Å². The highest BCUT2D eigenvalue weighted by atomic mass is 16.6. The van der Waals surface area contributed by atoms with E-state index >= 15 is 0 Å². The van der Waals surface area contributed by atoms with Gasteiger partial charge in [-0.3, -0.25) is 4.79 Å². The quantitative estimate of drug-likeness (QED) is 0.598. The van der Waals surface area contributed by atoms with E-state index in [0.717, 1.165) is 12.0 Å². The number of carbonyl (C=O) groups is 2. The maximum atomic E-state index is 12.6. The summed E-state index contributed by atoms with van der Waals surface area (Å²) in [7, 11) is 4.35. The number of benzene rings is 2. The van der Waals surface area contributed by atoms with Gasteiger partial charge < -0.3 is 24.3 Å². The van der Waals surface area contributed by atoms with Crippen molar-refractivity contribution in [3.05, 3.63) is 53.6 Å². The summed E-state index contributed by atoms with van der Waals surface area (Å²) in [6.45, 7) is 4.06. The number of amides is 1. The largest absolute Gasteiger partial charge is 0.493 e. The van der Waals surface area contributed by atoms with Crippen LogP contribution in [0.4, 0.5) is 0 Å². The lowest BCUT2D eigenvalue weighted by atomic mass is 9.96. The SMILES string of the molecule is CC[C@H](CNC(=O)[C@H](C)OC(=O)c1ccc(OC)c(OC)c1OC)c1ccccc1. The molecular formula is C23H29NO6. The first-order chi connectivity index (χ1) is 14.5. The predicted molar refractivity (Wildman–Crippen MR) is 113 cm³/mol. The van der Waals surface area contributed by atoms with Gasteiger partial charge in [-0.1, -0.05) is 37.3 Å². The van der Waals surface area contributed by atoms with Crippen LogP contribution in [0.15, 0.2) is 42.5 Å². The van der Waals surface area contributed by atoms with E-state index in [1.807, 2.05) is 30.3 Å². The third kappa shape index (κ3) is 5.43. The van der Waals surface area contributed by atoms with Gasteiger partial charge in [0.15, 0.2) is 17.6 Å². The number of rotatable bonds is 10. The van der Waals surface area contributed by atoms with Gasteiger partial charge in [0.2, 0.25) is 5.75 Å². The minimum atomic E-state index is -0.969. The van der Waals surface area contributed by atoms with Crippen molar-refractivity contribution in [2.24, 2.45) is 0 Å². The highest BCUT2D eigenvalue weighted by Gasteiger charge is 2.25. The topological polar surface area (TPSA) is 83.1 Å². The minimum Gasteiger partial charge on any atom is -0.493 e. The molecule has 30 heavy (non-hydrogen) atoms. The molecule has 0 aliphatic carbocycles. The summed E-state index contributed by atoms with van der Waals surface area (Å²) in [5.41, 5.74) is 1.30. The van der Waals surface area contributed by atoms with Crippen molar-refractivity contribution in [1.29, 1.82) is 0 Å². The molecule has 162 valence electrons. The average Bonchev–Trinajstić information content (AvgIpc) is 2.78. The highest BCUT2D eigenvalue weighted by molar-refractivity contribution is 5.96. The molecule has 0 spiro atoms. The van der Waals surface area contributed by atoms with Crippen LogP contribution in [0, 0.1) is 0 Å². The van der Waals surface area contributed by atoms with Crippen molar-refractivity contribution in [3.63, 3.8) is 0 Å². The summed E-state index contributed by atoms with van der Waals surface area (Å²) in [6, 6.07) is 13.1. The Morgan fingerprint density at radius 2 is 1.60 bits per heavy atom. The summed E-state index contributed by atoms with van der Waals surface area (Å²) in [6.07, 6.45) is -0.0926. The molecule has 0 bridgehead atoms. The number of ether oxygens (including phenoxy) is 4. The fraction of sp³-hybridized carbons (Fsp3) is 0.391. The number of carbonyl (C=O) groups excluding carboxylic acids is 2. The first kappa shape index (κ1) is 23.1. The maximum absolute atomic E-state index is 12.6. The molecule has 2 atom stereocenters. The number of methoxy groups -OCH3 is 3. The van der Waals surface area contributed by atoms with Crippen LogP contribution < -0.4 is 19.5 Å². The zero-order chi connectivity index (χ0) is 22.1. The zero-order valence-corrected chi connectivity index (χ0v) is 18.1. The van der Waals surface area contributed by atoms with E-state index in [1.54, 1.807) is 6.07 Å². The van der Waals surface area contributed by atoms with Crippen LogP contribution in [0.2, 0.25) is 0 Å². The number of nitrogens with one attached hydrogen (secondary N) is 1. The van der Waals surface area contributed by atoms with E-state index < -0.39 is 12.1 Å². The van der Waals surface area contributed by atoms with Gasteiger partial charge in [0.05, 0.1) is 21.3 Å². The van der Waals surface area contributed by atoms with Gasteiger partial charge in [0, 0.05) is 12.5 Å². The monoisotopic (exact) mass is 415 g/mol. The van der Waals surface area contributed by atoms with Gasteiger partial charge in [-0.15, -0.1) is 0 Å². The molecule has 0 saturated carbocycles. The Hall–Kier alpha value is -3.22. The van der Waals surface area contributed by atoms with E-state index in [-0.39, 0.29) is 28.9 Å². The molecule has 2 rings (SSSR count). The lowest BCUT2D eigenvalue weighted by Crippen LogP contribution is -2.38. The van der Waals surface area contributed by atoms with E-state index in [0.29, 0.717) is 12.3 Å². The van der Waals surface area contributed by atoms with E-state index in [4.69, 9.17) is 18.9 Å². The summed E-state index contributed by atoms with van der Waals surface area (Å²) in [5, 5.41) is 2.87. The third-order valence-corrected chi connectivity index (χ3v) is 4.86. The van der Waals surface area contributed by atoms with Crippen LogP contribution in [0.3, 0.4) is 0 Å². The molecule has 0 saturated heterocycles. The van der Waals surface area contributed by atoms with Crippen molar-refractivity contribution in [1.82, 2.24) is 5.32 Å². The average molecular weight is 415 g/mol. The molecule has 0 aliphatic heterocycles. The molecule has 1 N–H and O–H groups in total. The van der Waals surface area contributed by atoms with Crippen LogP contribution in [0.1, 0.15) is 42.1 Å². The van der Waals surface area contributed by atoms with Crippen molar-refractivity contribution >= 4 is 11.9 Å². The summed E-state index contributed by atoms with van der Waals surface area (Å²) >= 11 is 0. The molecule has 2 aromatic carbocycles. The van der Waals surface area contributed by atoms with E-state index in [2.05, 4.69) is 12.2 Å². The Labute approximate surface area is 177 Å². The van der Waals surface area contributed by atoms with E-state index in [1.165, 1.54) is 34.3 Å². The predicted octanol–water partition coefficient (Wildman–Crippen LogP) is 3.57. The molecule has 7 nitrogen and oxygen atoms in total. The first-order valence-electron chi connectivity index (χ1n) is 9.79. The molecule has 0 unspecified atom stereocenters. The zero-order valence-electron chi connectivity index (χ0n) is 18.1. The fourth-order valence-electron chi connectivity index (χ4n) is 3.13. The second kappa shape index (κ2) is 11.1. The highest BCUT2D eigenvalue weighted by Crippen LogP contribution is 2.40. The summed E-state index contributed by atoms with van der Waals surface area (Å²) < 4.78 is 21.2. The van der Waals surface area contributed by atoms with Crippen molar-refractivity contribution < 1.29 is 28.5 Å². The normalized spacial score (nSPS) is 12.4. The molecule has 2 aromatic rings. The lowest BCUT2D eigenvalue weighted by Gasteiger charge is -2.19. The van der Waals surface area contributed by atoms with Crippen molar-refractivity contribution in [3.8, 4) is 17.2 Å². The van der Waals surface area contributed by atoms with Crippen molar-refractivity contribution in [2.45, 2.75) is 32.3 Å². The fourth-order valence-corrected chi connectivity index (χ4v) is 3.13. The van der Waals surface area contributed by atoms with Crippen LogP contribution >= 0.6 is 0 Å². The molecule has 0 radical (unpaired) electrons. The lowest BCUT2D eigenvalue weighted by molar-refractivity contribution is -0.129. The van der Waals surface area contributed by atoms with Crippen LogP contribution in [-0.2, 0) is 9.53 Å². The van der Waals surface area contributed by atoms with Crippen LogP contribution in [-0.4, -0.2) is 45.9 Å². The molecule has 7 heteroatoms. The number of hydrogen-bond acceptors (Lipinski definition) is 6. The smallest absolute Gasteiger partial charge is 0.342 e. The Kier molecular flexibility index (Phi) is 8.53. The summed E-state index contributed by atoms with van der Waals surface area (Å²) in [4.78, 5) is 25.1. The minimum absolute atomic E-state index is 0.144. The van der Waals surface area contributed by atoms with Gasteiger partial charge in [-0.2, -0.15) is 0 Å². The first-order valence-corrected chi connectivity index (χ1v) is 9.79. The molecule has 0 fully saturated rings. The third-order valence-electron chi connectivity index (χ3n) is 4.86. The Bertz CT molecular complexity index is 852. The Balaban J connectivity index is 2.04. The van der Waals surface area contributed by atoms with Crippen LogP contribution in [0.5, 0.6) is 17.2 Å². The van der Waals surface area contributed by atoms with Gasteiger partial charge in [-0.05, 0) is 31.0 Å². The Morgan fingerprint density at radius 3 is 2.17 bits per heavy atom. The Morgan fingerprint density at radius 1 is 0.933 bits per heavy atom. The molecule has 1 amide bonds. The maximum Gasteiger partial charge on any atom is 0.342 e. The van der Waals surface area contributed by atoms with E-state index in [9.17, 15) is 9.59 Å². The second-order valence-electron chi connectivity index (χ2n) is 6.69. The van der Waals surface area contributed by atoms with Gasteiger partial charge in [0.25, 0.3) is 5.91 Å².